The third-order valence-electron chi connectivity index (χ3n) is 3.91. The van der Waals surface area contributed by atoms with E-state index in [1.165, 1.54) is 4.68 Å². The van der Waals surface area contributed by atoms with E-state index in [2.05, 4.69) is 20.4 Å². The maximum Gasteiger partial charge on any atom is 0.358 e. The SMILES string of the molecule is CCOC(=O)c1ccn(-c2cccc(NC(=O)c3cn4cccnc4n3)c2)n1. The Bertz CT molecular complexity index is 1130. The fourth-order valence-corrected chi connectivity index (χ4v) is 2.64. The molecule has 4 rings (SSSR count). The van der Waals surface area contributed by atoms with E-state index in [9.17, 15) is 9.59 Å². The molecule has 1 N–H and O–H groups in total. The zero-order valence-electron chi connectivity index (χ0n) is 14.9. The van der Waals surface area contributed by atoms with E-state index >= 15 is 0 Å². The Kier molecular flexibility index (Phi) is 4.55. The summed E-state index contributed by atoms with van der Waals surface area (Å²) in [7, 11) is 0. The summed E-state index contributed by atoms with van der Waals surface area (Å²) in [4.78, 5) is 32.6. The summed E-state index contributed by atoms with van der Waals surface area (Å²) in [6, 6.07) is 10.4. The van der Waals surface area contributed by atoms with Crippen LogP contribution in [0, 0.1) is 0 Å². The number of esters is 1. The minimum Gasteiger partial charge on any atom is -0.461 e. The van der Waals surface area contributed by atoms with E-state index in [-0.39, 0.29) is 23.9 Å². The maximum atomic E-state index is 12.5. The predicted octanol–water partition coefficient (Wildman–Crippen LogP) is 2.34. The van der Waals surface area contributed by atoms with Crippen LogP contribution in [0.3, 0.4) is 0 Å². The number of nitrogens with zero attached hydrogens (tertiary/aromatic N) is 5. The van der Waals surface area contributed by atoms with Gasteiger partial charge in [0.15, 0.2) is 5.69 Å². The molecule has 0 radical (unpaired) electrons. The van der Waals surface area contributed by atoms with Gasteiger partial charge in [-0.15, -0.1) is 0 Å². The second-order valence-corrected chi connectivity index (χ2v) is 5.82. The first-order valence-electron chi connectivity index (χ1n) is 8.58. The summed E-state index contributed by atoms with van der Waals surface area (Å²) >= 11 is 0. The number of nitrogens with one attached hydrogen (secondary N) is 1. The van der Waals surface area contributed by atoms with Crippen molar-refractivity contribution in [2.45, 2.75) is 6.92 Å². The molecule has 0 aliphatic carbocycles. The molecule has 0 unspecified atom stereocenters. The van der Waals surface area contributed by atoms with Crippen molar-refractivity contribution in [2.24, 2.45) is 0 Å². The molecular weight excluding hydrogens is 360 g/mol. The Morgan fingerprint density at radius 2 is 2.04 bits per heavy atom. The van der Waals surface area contributed by atoms with Gasteiger partial charge in [0.2, 0.25) is 5.78 Å². The van der Waals surface area contributed by atoms with Gasteiger partial charge in [0.1, 0.15) is 5.69 Å². The lowest BCUT2D eigenvalue weighted by Crippen LogP contribution is -2.12. The molecule has 9 nitrogen and oxygen atoms in total. The number of rotatable bonds is 5. The van der Waals surface area contributed by atoms with Gasteiger partial charge in [-0.2, -0.15) is 5.10 Å². The highest BCUT2D eigenvalue weighted by Gasteiger charge is 2.13. The standard InChI is InChI=1S/C19H16N6O3/c1-2-28-18(27)15-7-10-25(23-15)14-6-3-5-13(11-14)21-17(26)16-12-24-9-4-8-20-19(24)22-16/h3-12H,2H2,1H3,(H,21,26). The average molecular weight is 376 g/mol. The molecule has 1 amide bonds. The van der Waals surface area contributed by atoms with Gasteiger partial charge in [-0.1, -0.05) is 6.07 Å². The molecule has 0 aliphatic rings. The number of fused-ring (bicyclic) bond motifs is 1. The molecule has 0 fully saturated rings. The van der Waals surface area contributed by atoms with Crippen molar-refractivity contribution in [3.05, 3.63) is 72.6 Å². The number of benzene rings is 1. The first-order chi connectivity index (χ1) is 13.6. The zero-order valence-corrected chi connectivity index (χ0v) is 14.9. The van der Waals surface area contributed by atoms with Gasteiger partial charge in [0.05, 0.1) is 12.3 Å². The van der Waals surface area contributed by atoms with Gasteiger partial charge < -0.3 is 10.1 Å². The maximum absolute atomic E-state index is 12.5. The number of ether oxygens (including phenoxy) is 1. The molecule has 3 heterocycles. The Morgan fingerprint density at radius 3 is 2.86 bits per heavy atom. The monoisotopic (exact) mass is 376 g/mol. The molecule has 0 saturated heterocycles. The van der Waals surface area contributed by atoms with E-state index in [0.717, 1.165) is 0 Å². The van der Waals surface area contributed by atoms with Crippen LogP contribution in [0.25, 0.3) is 11.5 Å². The van der Waals surface area contributed by atoms with Crippen LogP contribution in [-0.2, 0) is 4.74 Å². The van der Waals surface area contributed by atoms with Gasteiger partial charge in [-0.05, 0) is 37.3 Å². The Morgan fingerprint density at radius 1 is 1.14 bits per heavy atom. The van der Waals surface area contributed by atoms with Crippen LogP contribution in [-0.4, -0.2) is 42.6 Å². The number of aromatic nitrogens is 5. The summed E-state index contributed by atoms with van der Waals surface area (Å²) in [6.07, 6.45) is 6.65. The van der Waals surface area contributed by atoms with Gasteiger partial charge in [0.25, 0.3) is 5.91 Å². The van der Waals surface area contributed by atoms with Crippen molar-refractivity contribution in [3.63, 3.8) is 0 Å². The zero-order chi connectivity index (χ0) is 19.5. The fourth-order valence-electron chi connectivity index (χ4n) is 2.64. The van der Waals surface area contributed by atoms with E-state index in [4.69, 9.17) is 4.74 Å². The Balaban J connectivity index is 1.53. The van der Waals surface area contributed by atoms with Crippen LogP contribution in [0.15, 0.2) is 61.2 Å². The molecule has 9 heteroatoms. The van der Waals surface area contributed by atoms with Gasteiger partial charge >= 0.3 is 5.97 Å². The molecule has 4 aromatic rings. The molecule has 0 aliphatic heterocycles. The molecule has 0 atom stereocenters. The lowest BCUT2D eigenvalue weighted by Gasteiger charge is -2.06. The van der Waals surface area contributed by atoms with Gasteiger partial charge in [-0.3, -0.25) is 9.20 Å². The Hall–Kier alpha value is -4.01. The summed E-state index contributed by atoms with van der Waals surface area (Å²) in [6.45, 7) is 2.02. The smallest absolute Gasteiger partial charge is 0.358 e. The summed E-state index contributed by atoms with van der Waals surface area (Å²) in [5.74, 6) is -0.383. The molecule has 3 aromatic heterocycles. The minimum absolute atomic E-state index is 0.216. The minimum atomic E-state index is -0.480. The molecule has 0 bridgehead atoms. The fraction of sp³-hybridized carbons (Fsp3) is 0.105. The van der Waals surface area contributed by atoms with Crippen molar-refractivity contribution in [2.75, 3.05) is 11.9 Å². The third-order valence-corrected chi connectivity index (χ3v) is 3.91. The molecule has 140 valence electrons. The van der Waals surface area contributed by atoms with Crippen molar-refractivity contribution in [3.8, 4) is 5.69 Å². The number of carbonyl (C=O) groups is 2. The van der Waals surface area contributed by atoms with Gasteiger partial charge in [0, 0.05) is 30.5 Å². The van der Waals surface area contributed by atoms with Crippen LogP contribution >= 0.6 is 0 Å². The summed E-state index contributed by atoms with van der Waals surface area (Å²) in [5, 5.41) is 7.02. The topological polar surface area (TPSA) is 103 Å². The quantitative estimate of drug-likeness (QED) is 0.536. The third kappa shape index (κ3) is 3.45. The van der Waals surface area contributed by atoms with E-state index in [0.29, 0.717) is 17.2 Å². The van der Waals surface area contributed by atoms with E-state index in [1.54, 1.807) is 66.4 Å². The highest BCUT2D eigenvalue weighted by molar-refractivity contribution is 6.03. The van der Waals surface area contributed by atoms with Crippen molar-refractivity contribution in [1.29, 1.82) is 0 Å². The van der Waals surface area contributed by atoms with E-state index < -0.39 is 5.97 Å². The first-order valence-corrected chi connectivity index (χ1v) is 8.58. The normalized spacial score (nSPS) is 10.8. The molecule has 0 spiro atoms. The number of imidazole rings is 1. The average Bonchev–Trinajstić information content (AvgIpc) is 3.36. The number of hydrogen-bond acceptors (Lipinski definition) is 6. The lowest BCUT2D eigenvalue weighted by atomic mass is 10.2. The number of anilines is 1. The largest absolute Gasteiger partial charge is 0.461 e. The second kappa shape index (κ2) is 7.31. The van der Waals surface area contributed by atoms with Crippen LogP contribution in [0.5, 0.6) is 0 Å². The van der Waals surface area contributed by atoms with E-state index in [1.807, 2.05) is 6.07 Å². The highest BCUT2D eigenvalue weighted by atomic mass is 16.5. The van der Waals surface area contributed by atoms with Crippen molar-refractivity contribution >= 4 is 23.3 Å². The van der Waals surface area contributed by atoms with Crippen LogP contribution < -0.4 is 5.32 Å². The van der Waals surface area contributed by atoms with Crippen LogP contribution in [0.4, 0.5) is 5.69 Å². The number of hydrogen-bond donors (Lipinski definition) is 1. The lowest BCUT2D eigenvalue weighted by molar-refractivity contribution is 0.0519. The molecule has 28 heavy (non-hydrogen) atoms. The highest BCUT2D eigenvalue weighted by Crippen LogP contribution is 2.16. The Labute approximate surface area is 159 Å². The number of carbonyl (C=O) groups excluding carboxylic acids is 2. The second-order valence-electron chi connectivity index (χ2n) is 5.82. The van der Waals surface area contributed by atoms with Gasteiger partial charge in [-0.25, -0.2) is 19.4 Å². The number of amides is 1. The van der Waals surface area contributed by atoms with Crippen LogP contribution in [0.1, 0.15) is 27.9 Å². The summed E-state index contributed by atoms with van der Waals surface area (Å²) < 4.78 is 8.15. The van der Waals surface area contributed by atoms with Crippen molar-refractivity contribution in [1.82, 2.24) is 24.1 Å². The molecule has 0 saturated carbocycles. The molecular formula is C19H16N6O3. The summed E-state index contributed by atoms with van der Waals surface area (Å²) in [5.41, 5.74) is 1.73. The predicted molar refractivity (Wildman–Crippen MR) is 100 cm³/mol. The van der Waals surface area contributed by atoms with Crippen molar-refractivity contribution < 1.29 is 14.3 Å². The first kappa shape index (κ1) is 17.4. The molecule has 1 aromatic carbocycles. The van der Waals surface area contributed by atoms with Crippen LogP contribution in [0.2, 0.25) is 0 Å².